The molecule has 0 unspecified atom stereocenters. The number of fused-ring (bicyclic) bond motifs is 1. The second-order valence-corrected chi connectivity index (χ2v) is 6.21. The fourth-order valence-corrected chi connectivity index (χ4v) is 3.83. The third-order valence-corrected chi connectivity index (χ3v) is 4.51. The summed E-state index contributed by atoms with van der Waals surface area (Å²) in [6.07, 6.45) is 7.09. The van der Waals surface area contributed by atoms with E-state index in [1.54, 1.807) is 0 Å². The van der Waals surface area contributed by atoms with Gasteiger partial charge in [0.2, 0.25) is 0 Å². The van der Waals surface area contributed by atoms with Gasteiger partial charge in [0.25, 0.3) is 0 Å². The third kappa shape index (κ3) is 1.60. The Morgan fingerprint density at radius 2 is 1.79 bits per heavy atom. The van der Waals surface area contributed by atoms with Crippen LogP contribution in [-0.2, 0) is 4.74 Å². The zero-order chi connectivity index (χ0) is 10.4. The van der Waals surface area contributed by atoms with Gasteiger partial charge in [-0.05, 0) is 50.9 Å². The van der Waals surface area contributed by atoms with E-state index in [9.17, 15) is 0 Å². The Kier molecular flexibility index (Phi) is 2.42. The van der Waals surface area contributed by atoms with Crippen molar-refractivity contribution in [1.82, 2.24) is 0 Å². The van der Waals surface area contributed by atoms with E-state index >= 15 is 0 Å². The maximum absolute atomic E-state index is 6.21. The van der Waals surface area contributed by atoms with Crippen LogP contribution in [0.5, 0.6) is 0 Å². The predicted molar refractivity (Wildman–Crippen MR) is 59.3 cm³/mol. The molecular weight excluding hydrogens is 172 g/mol. The highest BCUT2D eigenvalue weighted by molar-refractivity contribution is 4.99. The van der Waals surface area contributed by atoms with E-state index in [0.29, 0.717) is 11.5 Å². The SMILES string of the molecule is C[C@@H]1CC[C@@H]2C(C)(C)CCC[C@]2(C)O1. The lowest BCUT2D eigenvalue weighted by Gasteiger charge is -2.54. The Hall–Kier alpha value is -0.0400. The van der Waals surface area contributed by atoms with Crippen LogP contribution >= 0.6 is 0 Å². The minimum absolute atomic E-state index is 0.180. The van der Waals surface area contributed by atoms with E-state index in [4.69, 9.17) is 4.74 Å². The zero-order valence-electron chi connectivity index (χ0n) is 10.1. The highest BCUT2D eigenvalue weighted by Gasteiger charge is 2.49. The summed E-state index contributed by atoms with van der Waals surface area (Å²) in [5.41, 5.74) is 0.673. The summed E-state index contributed by atoms with van der Waals surface area (Å²) in [6.45, 7) is 9.42. The Balaban J connectivity index is 2.21. The lowest BCUT2D eigenvalue weighted by atomic mass is 9.59. The van der Waals surface area contributed by atoms with Crippen molar-refractivity contribution in [1.29, 1.82) is 0 Å². The molecule has 2 fully saturated rings. The zero-order valence-corrected chi connectivity index (χ0v) is 10.1. The standard InChI is InChI=1S/C13H24O/c1-10-6-7-11-12(2,3)8-5-9-13(11,4)14-10/h10-11H,5-9H2,1-4H3/t10-,11-,13+/m1/s1. The molecule has 0 aromatic rings. The minimum atomic E-state index is 0.180. The monoisotopic (exact) mass is 196 g/mol. The summed E-state index contributed by atoms with van der Waals surface area (Å²) in [5.74, 6) is 0.778. The van der Waals surface area contributed by atoms with Gasteiger partial charge in [0.1, 0.15) is 0 Å². The summed E-state index contributed by atoms with van der Waals surface area (Å²) < 4.78 is 6.21. The molecule has 3 atom stereocenters. The maximum Gasteiger partial charge on any atom is 0.0691 e. The molecule has 1 heterocycles. The largest absolute Gasteiger partial charge is 0.372 e. The summed E-state index contributed by atoms with van der Waals surface area (Å²) in [4.78, 5) is 0. The first-order valence-electron chi connectivity index (χ1n) is 6.12. The Bertz CT molecular complexity index is 221. The first-order valence-corrected chi connectivity index (χ1v) is 6.12. The first kappa shape index (κ1) is 10.5. The highest BCUT2D eigenvalue weighted by Crippen LogP contribution is 2.52. The first-order chi connectivity index (χ1) is 6.44. The topological polar surface area (TPSA) is 9.23 Å². The highest BCUT2D eigenvalue weighted by atomic mass is 16.5. The van der Waals surface area contributed by atoms with E-state index in [-0.39, 0.29) is 5.60 Å². The van der Waals surface area contributed by atoms with Gasteiger partial charge >= 0.3 is 0 Å². The van der Waals surface area contributed by atoms with Crippen LogP contribution < -0.4 is 0 Å². The predicted octanol–water partition coefficient (Wildman–Crippen LogP) is 3.77. The summed E-state index contributed by atoms with van der Waals surface area (Å²) >= 11 is 0. The average molecular weight is 196 g/mol. The van der Waals surface area contributed by atoms with Crippen molar-refractivity contribution in [2.24, 2.45) is 11.3 Å². The number of rotatable bonds is 0. The van der Waals surface area contributed by atoms with Gasteiger partial charge in [-0.15, -0.1) is 0 Å². The van der Waals surface area contributed by atoms with Gasteiger partial charge in [0, 0.05) is 0 Å². The number of ether oxygens (including phenoxy) is 1. The van der Waals surface area contributed by atoms with E-state index in [1.807, 2.05) is 0 Å². The fraction of sp³-hybridized carbons (Fsp3) is 1.00. The van der Waals surface area contributed by atoms with Crippen LogP contribution in [-0.4, -0.2) is 11.7 Å². The molecule has 1 aliphatic carbocycles. The molecule has 0 amide bonds. The normalized spacial score (nSPS) is 47.1. The molecule has 14 heavy (non-hydrogen) atoms. The molecule has 0 spiro atoms. The maximum atomic E-state index is 6.21. The van der Waals surface area contributed by atoms with Crippen LogP contribution in [0.25, 0.3) is 0 Å². The molecule has 1 heteroatoms. The molecule has 1 saturated heterocycles. The average Bonchev–Trinajstić information content (AvgIpc) is 2.00. The van der Waals surface area contributed by atoms with E-state index in [0.717, 1.165) is 5.92 Å². The molecule has 0 N–H and O–H groups in total. The molecule has 2 rings (SSSR count). The van der Waals surface area contributed by atoms with Crippen LogP contribution in [0.1, 0.15) is 59.8 Å². The second-order valence-electron chi connectivity index (χ2n) is 6.21. The molecule has 82 valence electrons. The van der Waals surface area contributed by atoms with Crippen LogP contribution in [0.3, 0.4) is 0 Å². The van der Waals surface area contributed by atoms with Crippen LogP contribution in [0, 0.1) is 11.3 Å². The van der Waals surface area contributed by atoms with Gasteiger partial charge in [-0.1, -0.05) is 20.3 Å². The van der Waals surface area contributed by atoms with Crippen molar-refractivity contribution in [3.63, 3.8) is 0 Å². The van der Waals surface area contributed by atoms with Crippen molar-refractivity contribution in [2.75, 3.05) is 0 Å². The summed E-state index contributed by atoms with van der Waals surface area (Å²) in [6, 6.07) is 0. The number of hydrogen-bond donors (Lipinski definition) is 0. The van der Waals surface area contributed by atoms with Crippen molar-refractivity contribution in [3.05, 3.63) is 0 Å². The Morgan fingerprint density at radius 3 is 2.50 bits per heavy atom. The lowest BCUT2D eigenvalue weighted by Crippen LogP contribution is -2.53. The van der Waals surface area contributed by atoms with Crippen molar-refractivity contribution in [2.45, 2.75) is 71.5 Å². The van der Waals surface area contributed by atoms with Crippen molar-refractivity contribution >= 4 is 0 Å². The molecule has 0 aromatic heterocycles. The molecule has 2 aliphatic rings. The molecule has 0 radical (unpaired) electrons. The molecule has 1 aliphatic heterocycles. The molecule has 0 aromatic carbocycles. The van der Waals surface area contributed by atoms with Gasteiger partial charge in [0.05, 0.1) is 11.7 Å². The van der Waals surface area contributed by atoms with E-state index in [1.165, 1.54) is 32.1 Å². The number of hydrogen-bond acceptors (Lipinski definition) is 1. The van der Waals surface area contributed by atoms with E-state index in [2.05, 4.69) is 27.7 Å². The smallest absolute Gasteiger partial charge is 0.0691 e. The Morgan fingerprint density at radius 1 is 1.07 bits per heavy atom. The molecule has 1 saturated carbocycles. The Labute approximate surface area is 88.2 Å². The molecule has 1 nitrogen and oxygen atoms in total. The van der Waals surface area contributed by atoms with Gasteiger partial charge in [-0.3, -0.25) is 0 Å². The molecule has 0 bridgehead atoms. The van der Waals surface area contributed by atoms with Gasteiger partial charge in [-0.2, -0.15) is 0 Å². The van der Waals surface area contributed by atoms with Gasteiger partial charge in [0.15, 0.2) is 0 Å². The van der Waals surface area contributed by atoms with Crippen LogP contribution in [0.2, 0.25) is 0 Å². The van der Waals surface area contributed by atoms with Crippen molar-refractivity contribution < 1.29 is 4.74 Å². The minimum Gasteiger partial charge on any atom is -0.372 e. The summed E-state index contributed by atoms with van der Waals surface area (Å²) in [7, 11) is 0. The van der Waals surface area contributed by atoms with Gasteiger partial charge in [-0.25, -0.2) is 0 Å². The summed E-state index contributed by atoms with van der Waals surface area (Å²) in [5, 5.41) is 0. The molecular formula is C13H24O. The van der Waals surface area contributed by atoms with E-state index < -0.39 is 0 Å². The van der Waals surface area contributed by atoms with Gasteiger partial charge < -0.3 is 4.74 Å². The van der Waals surface area contributed by atoms with Crippen molar-refractivity contribution in [3.8, 4) is 0 Å². The third-order valence-electron chi connectivity index (χ3n) is 4.51. The van der Waals surface area contributed by atoms with Crippen LogP contribution in [0.4, 0.5) is 0 Å². The quantitative estimate of drug-likeness (QED) is 0.573. The lowest BCUT2D eigenvalue weighted by molar-refractivity contribution is -0.193. The van der Waals surface area contributed by atoms with Crippen LogP contribution in [0.15, 0.2) is 0 Å². The fourth-order valence-electron chi connectivity index (χ4n) is 3.83. The second kappa shape index (κ2) is 3.23.